The number of fused-ring (bicyclic) bond motifs is 2. The lowest BCUT2D eigenvalue weighted by atomic mass is 9.83. The minimum Gasteiger partial charge on any atom is -0.446 e. The largest absolute Gasteiger partial charge is 0.446 e. The third-order valence-electron chi connectivity index (χ3n) is 4.72. The molecule has 0 saturated heterocycles. The lowest BCUT2D eigenvalue weighted by Crippen LogP contribution is -2.41. The number of aliphatic hydroxyl groups is 1. The lowest BCUT2D eigenvalue weighted by molar-refractivity contribution is 0.117. The van der Waals surface area contributed by atoms with Crippen molar-refractivity contribution in [3.63, 3.8) is 0 Å². The Morgan fingerprint density at radius 1 is 1.31 bits per heavy atom. The lowest BCUT2D eigenvalue weighted by Gasteiger charge is -2.28. The summed E-state index contributed by atoms with van der Waals surface area (Å²) in [5.74, 6) is 0.901. The fourth-order valence-electron chi connectivity index (χ4n) is 3.51. The Hall–Kier alpha value is -2.64. The number of oxazole rings is 1. The molecule has 8 heteroatoms. The summed E-state index contributed by atoms with van der Waals surface area (Å²) in [6, 6.07) is 5.09. The Labute approximate surface area is 152 Å². The fraction of sp³-hybridized carbons (Fsp3) is 0.278. The van der Waals surface area contributed by atoms with E-state index >= 15 is 0 Å². The summed E-state index contributed by atoms with van der Waals surface area (Å²) in [6.07, 6.45) is 2.41. The average molecular weight is 374 g/mol. The molecule has 0 saturated carbocycles. The molecule has 1 unspecified atom stereocenters. The van der Waals surface area contributed by atoms with Crippen LogP contribution in [0.15, 0.2) is 38.4 Å². The van der Waals surface area contributed by atoms with E-state index in [1.54, 1.807) is 25.1 Å². The van der Waals surface area contributed by atoms with E-state index in [9.17, 15) is 14.7 Å². The van der Waals surface area contributed by atoms with Gasteiger partial charge in [0.05, 0.1) is 5.56 Å². The van der Waals surface area contributed by atoms with Crippen molar-refractivity contribution in [3.8, 4) is 0 Å². The molecule has 7 nitrogen and oxygen atoms in total. The molecule has 1 aliphatic rings. The van der Waals surface area contributed by atoms with Gasteiger partial charge in [-0.05, 0) is 29.7 Å². The van der Waals surface area contributed by atoms with Crippen LogP contribution in [0.25, 0.3) is 0 Å². The average Bonchev–Trinajstić information content (AvgIpc) is 2.92. The molecule has 0 radical (unpaired) electrons. The van der Waals surface area contributed by atoms with Crippen molar-refractivity contribution in [2.24, 2.45) is 7.05 Å². The Kier molecular flexibility index (Phi) is 3.68. The maximum Gasteiger partial charge on any atom is 0.328 e. The number of hydrogen-bond acceptors (Lipinski definition) is 5. The third kappa shape index (κ3) is 2.35. The first-order valence-electron chi connectivity index (χ1n) is 8.09. The third-order valence-corrected chi connectivity index (χ3v) is 4.96. The zero-order chi connectivity index (χ0) is 18.6. The highest BCUT2D eigenvalue weighted by Crippen LogP contribution is 2.41. The topological polar surface area (TPSA) is 101 Å². The molecular formula is C18H16ClN3O4. The molecule has 3 aromatic rings. The van der Waals surface area contributed by atoms with Crippen molar-refractivity contribution in [2.75, 3.05) is 0 Å². The number of halogens is 1. The Balaban J connectivity index is 2.13. The second-order valence-electron chi connectivity index (χ2n) is 6.43. The molecule has 2 aromatic heterocycles. The van der Waals surface area contributed by atoms with Crippen molar-refractivity contribution in [1.82, 2.24) is 14.5 Å². The summed E-state index contributed by atoms with van der Waals surface area (Å²) in [5.41, 5.74) is -1.55. The van der Waals surface area contributed by atoms with Crippen LogP contribution in [0.3, 0.4) is 0 Å². The molecule has 0 fully saturated rings. The van der Waals surface area contributed by atoms with Gasteiger partial charge in [0, 0.05) is 31.6 Å². The van der Waals surface area contributed by atoms with E-state index in [0.29, 0.717) is 35.1 Å². The number of rotatable bonds is 1. The van der Waals surface area contributed by atoms with Crippen LogP contribution in [0.1, 0.15) is 34.0 Å². The van der Waals surface area contributed by atoms with Gasteiger partial charge in [0.15, 0.2) is 11.5 Å². The first kappa shape index (κ1) is 16.8. The summed E-state index contributed by atoms with van der Waals surface area (Å²) < 4.78 is 6.88. The van der Waals surface area contributed by atoms with E-state index in [1.165, 1.54) is 17.8 Å². The quantitative estimate of drug-likeness (QED) is 0.671. The Bertz CT molecular complexity index is 1140. The molecule has 134 valence electrons. The Morgan fingerprint density at radius 2 is 2.08 bits per heavy atom. The molecule has 1 aromatic carbocycles. The number of H-pyrrole nitrogens is 1. The van der Waals surface area contributed by atoms with Gasteiger partial charge in [-0.3, -0.25) is 9.78 Å². The molecular weight excluding hydrogens is 358 g/mol. The van der Waals surface area contributed by atoms with Gasteiger partial charge in [-0.15, -0.1) is 0 Å². The molecule has 1 aliphatic carbocycles. The predicted molar refractivity (Wildman–Crippen MR) is 94.5 cm³/mol. The van der Waals surface area contributed by atoms with E-state index in [4.69, 9.17) is 16.0 Å². The standard InChI is InChI=1S/C18H16ClN3O4/c1-9-20-15-14(26-9)6-3-10-7-11(19)4-5-12(10)18(15,25)13-8-22(2)17(24)21-16(13)23/h4-5,7-8,25H,3,6H2,1-2H3,(H,21,23,24). The highest BCUT2D eigenvalue weighted by molar-refractivity contribution is 6.30. The second-order valence-corrected chi connectivity index (χ2v) is 6.87. The minimum absolute atomic E-state index is 0.000350. The maximum absolute atomic E-state index is 12.6. The van der Waals surface area contributed by atoms with Gasteiger partial charge < -0.3 is 14.1 Å². The molecule has 26 heavy (non-hydrogen) atoms. The zero-order valence-corrected chi connectivity index (χ0v) is 14.9. The molecule has 2 heterocycles. The van der Waals surface area contributed by atoms with Crippen LogP contribution >= 0.6 is 11.6 Å². The summed E-state index contributed by atoms with van der Waals surface area (Å²) in [7, 11) is 1.50. The predicted octanol–water partition coefficient (Wildman–Crippen LogP) is 1.41. The monoisotopic (exact) mass is 373 g/mol. The van der Waals surface area contributed by atoms with E-state index in [-0.39, 0.29) is 11.3 Å². The fourth-order valence-corrected chi connectivity index (χ4v) is 3.71. The van der Waals surface area contributed by atoms with Crippen LogP contribution < -0.4 is 11.2 Å². The highest BCUT2D eigenvalue weighted by atomic mass is 35.5. The van der Waals surface area contributed by atoms with E-state index in [1.807, 2.05) is 0 Å². The number of aromatic amines is 1. The minimum atomic E-state index is -1.86. The van der Waals surface area contributed by atoms with E-state index < -0.39 is 16.9 Å². The van der Waals surface area contributed by atoms with Crippen molar-refractivity contribution in [3.05, 3.63) is 84.3 Å². The van der Waals surface area contributed by atoms with E-state index in [2.05, 4.69) is 9.97 Å². The molecule has 2 N–H and O–H groups in total. The van der Waals surface area contributed by atoms with Crippen molar-refractivity contribution in [1.29, 1.82) is 0 Å². The summed E-state index contributed by atoms with van der Waals surface area (Å²) in [6.45, 7) is 1.68. The number of aromatic nitrogens is 3. The Morgan fingerprint density at radius 3 is 2.85 bits per heavy atom. The molecule has 0 spiro atoms. The van der Waals surface area contributed by atoms with Crippen LogP contribution in [-0.4, -0.2) is 19.6 Å². The van der Waals surface area contributed by atoms with Crippen LogP contribution in [0.2, 0.25) is 5.02 Å². The van der Waals surface area contributed by atoms with Crippen molar-refractivity contribution in [2.45, 2.75) is 25.4 Å². The van der Waals surface area contributed by atoms with Crippen molar-refractivity contribution < 1.29 is 9.52 Å². The van der Waals surface area contributed by atoms with Gasteiger partial charge in [-0.2, -0.15) is 0 Å². The molecule has 0 amide bonds. The SMILES string of the molecule is Cc1nc2c(o1)CCc1cc(Cl)ccc1C2(O)c1cn(C)c(=O)[nH]c1=O. The smallest absolute Gasteiger partial charge is 0.328 e. The summed E-state index contributed by atoms with van der Waals surface area (Å²) >= 11 is 6.12. The second kappa shape index (κ2) is 5.69. The van der Waals surface area contributed by atoms with E-state index in [0.717, 1.165) is 5.56 Å². The first-order chi connectivity index (χ1) is 12.3. The number of aryl methyl sites for hydroxylation is 4. The number of hydrogen-bond donors (Lipinski definition) is 2. The molecule has 4 rings (SSSR count). The van der Waals surface area contributed by atoms with Crippen LogP contribution in [0.4, 0.5) is 0 Å². The van der Waals surface area contributed by atoms with Gasteiger partial charge in [-0.25, -0.2) is 9.78 Å². The van der Waals surface area contributed by atoms with Gasteiger partial charge in [0.1, 0.15) is 11.5 Å². The van der Waals surface area contributed by atoms with Gasteiger partial charge in [0.2, 0.25) is 0 Å². The van der Waals surface area contributed by atoms with Crippen LogP contribution in [-0.2, 0) is 25.5 Å². The maximum atomic E-state index is 12.6. The number of benzene rings is 1. The zero-order valence-electron chi connectivity index (χ0n) is 14.2. The molecule has 1 atom stereocenters. The number of nitrogens with zero attached hydrogens (tertiary/aromatic N) is 2. The van der Waals surface area contributed by atoms with Crippen molar-refractivity contribution >= 4 is 11.6 Å². The van der Waals surface area contributed by atoms with Crippen LogP contribution in [0.5, 0.6) is 0 Å². The molecule has 0 aliphatic heterocycles. The summed E-state index contributed by atoms with van der Waals surface area (Å²) in [4.78, 5) is 31.0. The molecule has 0 bridgehead atoms. The number of nitrogens with one attached hydrogen (secondary N) is 1. The van der Waals surface area contributed by atoms with Gasteiger partial charge in [0.25, 0.3) is 5.56 Å². The van der Waals surface area contributed by atoms with Gasteiger partial charge in [-0.1, -0.05) is 17.7 Å². The first-order valence-corrected chi connectivity index (χ1v) is 8.47. The van der Waals surface area contributed by atoms with Gasteiger partial charge >= 0.3 is 5.69 Å². The summed E-state index contributed by atoms with van der Waals surface area (Å²) in [5, 5.41) is 12.4. The highest BCUT2D eigenvalue weighted by Gasteiger charge is 2.44. The normalized spacial score (nSPS) is 18.9. The van der Waals surface area contributed by atoms with Crippen LogP contribution in [0, 0.1) is 6.92 Å².